The molecule has 2 aliphatic rings. The van der Waals surface area contributed by atoms with Crippen LogP contribution in [0.2, 0.25) is 0 Å². The molecule has 62 valence electrons. The molecule has 0 radical (unpaired) electrons. The van der Waals surface area contributed by atoms with Gasteiger partial charge in [-0.05, 0) is 30.6 Å². The molecule has 2 saturated carbocycles. The first-order valence-corrected chi connectivity index (χ1v) is 4.08. The molecule has 0 bridgehead atoms. The summed E-state index contributed by atoms with van der Waals surface area (Å²) in [5.74, 6) is 0.502. The molecule has 11 heavy (non-hydrogen) atoms. The van der Waals surface area contributed by atoms with Gasteiger partial charge < -0.3 is 10.2 Å². The lowest BCUT2D eigenvalue weighted by molar-refractivity contribution is -0.138. The summed E-state index contributed by atoms with van der Waals surface area (Å²) in [5.41, 5.74) is 0. The van der Waals surface area contributed by atoms with E-state index >= 15 is 0 Å². The highest BCUT2D eigenvalue weighted by atomic mass is 16.4. The van der Waals surface area contributed by atoms with Gasteiger partial charge in [0.25, 0.3) is 0 Å². The van der Waals surface area contributed by atoms with E-state index in [0.29, 0.717) is 18.3 Å². The minimum Gasteiger partial charge on any atom is -0.481 e. The highest BCUT2D eigenvalue weighted by Gasteiger charge is 2.53. The molecule has 0 aromatic rings. The Hall–Kier alpha value is -0.570. The number of hydrogen-bond acceptors (Lipinski definition) is 2. The minimum atomic E-state index is -0.727. The average molecular weight is 156 g/mol. The van der Waals surface area contributed by atoms with Crippen molar-refractivity contribution < 1.29 is 15.0 Å². The van der Waals surface area contributed by atoms with E-state index in [1.165, 1.54) is 0 Å². The lowest BCUT2D eigenvalue weighted by atomic mass is 9.99. The zero-order valence-electron chi connectivity index (χ0n) is 6.23. The van der Waals surface area contributed by atoms with E-state index < -0.39 is 5.97 Å². The van der Waals surface area contributed by atoms with E-state index in [-0.39, 0.29) is 18.4 Å². The van der Waals surface area contributed by atoms with Crippen molar-refractivity contribution in [3.8, 4) is 0 Å². The third kappa shape index (κ3) is 1.13. The van der Waals surface area contributed by atoms with Gasteiger partial charge in [-0.2, -0.15) is 0 Å². The number of aliphatic carboxylic acids is 1. The van der Waals surface area contributed by atoms with Crippen LogP contribution in [0.4, 0.5) is 0 Å². The standard InChI is InChI=1S/C8H12O3/c9-7-1-4(2-8(10)11)5-3-6(5)7/h4-7,9H,1-3H2,(H,10,11)/t4-,5?,6?,7+/m1/s1. The fraction of sp³-hybridized carbons (Fsp3) is 0.875. The Balaban J connectivity index is 1.92. The van der Waals surface area contributed by atoms with Gasteiger partial charge in [0, 0.05) is 6.42 Å². The number of rotatable bonds is 2. The zero-order valence-corrected chi connectivity index (χ0v) is 6.23. The molecule has 0 aromatic heterocycles. The largest absolute Gasteiger partial charge is 0.481 e. The van der Waals surface area contributed by atoms with Crippen LogP contribution in [0.1, 0.15) is 19.3 Å². The van der Waals surface area contributed by atoms with Gasteiger partial charge in [0.15, 0.2) is 0 Å². The number of carboxylic acid groups (broad SMARTS) is 1. The number of fused-ring (bicyclic) bond motifs is 1. The number of aliphatic hydroxyl groups excluding tert-OH is 1. The van der Waals surface area contributed by atoms with E-state index in [2.05, 4.69) is 0 Å². The number of carbonyl (C=O) groups is 1. The van der Waals surface area contributed by atoms with Crippen molar-refractivity contribution in [3.63, 3.8) is 0 Å². The molecule has 2 aliphatic carbocycles. The van der Waals surface area contributed by atoms with Crippen molar-refractivity contribution in [2.24, 2.45) is 17.8 Å². The molecule has 2 unspecified atom stereocenters. The van der Waals surface area contributed by atoms with Crippen LogP contribution in [0.15, 0.2) is 0 Å². The Labute approximate surface area is 65.0 Å². The van der Waals surface area contributed by atoms with Crippen LogP contribution in [0.25, 0.3) is 0 Å². The second-order valence-corrected chi connectivity index (χ2v) is 3.72. The van der Waals surface area contributed by atoms with Gasteiger partial charge in [-0.3, -0.25) is 4.79 Å². The third-order valence-electron chi connectivity index (χ3n) is 2.97. The minimum absolute atomic E-state index is 0.204. The van der Waals surface area contributed by atoms with E-state index in [1.54, 1.807) is 0 Å². The highest BCUT2D eigenvalue weighted by Crippen LogP contribution is 2.56. The summed E-state index contributed by atoms with van der Waals surface area (Å²) in [4.78, 5) is 10.3. The van der Waals surface area contributed by atoms with Gasteiger partial charge in [0.2, 0.25) is 0 Å². The first-order chi connectivity index (χ1) is 5.18. The number of carboxylic acids is 1. The Morgan fingerprint density at radius 1 is 1.36 bits per heavy atom. The molecule has 0 aromatic carbocycles. The van der Waals surface area contributed by atoms with Gasteiger partial charge in [-0.25, -0.2) is 0 Å². The fourth-order valence-electron chi connectivity index (χ4n) is 2.34. The summed E-state index contributed by atoms with van der Waals surface area (Å²) < 4.78 is 0. The summed E-state index contributed by atoms with van der Waals surface area (Å²) in [7, 11) is 0. The smallest absolute Gasteiger partial charge is 0.303 e. The summed E-state index contributed by atoms with van der Waals surface area (Å²) >= 11 is 0. The van der Waals surface area contributed by atoms with Crippen LogP contribution in [0.5, 0.6) is 0 Å². The first kappa shape index (κ1) is 7.10. The van der Waals surface area contributed by atoms with Crippen LogP contribution < -0.4 is 0 Å². The zero-order chi connectivity index (χ0) is 8.01. The quantitative estimate of drug-likeness (QED) is 0.611. The molecule has 0 saturated heterocycles. The second-order valence-electron chi connectivity index (χ2n) is 3.72. The molecule has 0 amide bonds. The molecule has 0 heterocycles. The SMILES string of the molecule is O=C(O)C[C@H]1C[C@H](O)C2CC21. The monoisotopic (exact) mass is 156 g/mol. The first-order valence-electron chi connectivity index (χ1n) is 4.08. The van der Waals surface area contributed by atoms with Crippen molar-refractivity contribution >= 4 is 5.97 Å². The van der Waals surface area contributed by atoms with E-state index in [0.717, 1.165) is 6.42 Å². The maximum Gasteiger partial charge on any atom is 0.303 e. The lowest BCUT2D eigenvalue weighted by Crippen LogP contribution is -2.11. The summed E-state index contributed by atoms with van der Waals surface area (Å²) in [5, 5.41) is 17.8. The molecule has 2 rings (SSSR count). The lowest BCUT2D eigenvalue weighted by Gasteiger charge is -2.08. The normalized spacial score (nSPS) is 47.0. The van der Waals surface area contributed by atoms with E-state index in [4.69, 9.17) is 5.11 Å². The fourth-order valence-corrected chi connectivity index (χ4v) is 2.34. The average Bonchev–Trinajstić information content (AvgIpc) is 2.57. The molecular formula is C8H12O3. The van der Waals surface area contributed by atoms with Crippen molar-refractivity contribution in [2.45, 2.75) is 25.4 Å². The van der Waals surface area contributed by atoms with Gasteiger partial charge in [0.1, 0.15) is 0 Å². The maximum absolute atomic E-state index is 10.3. The van der Waals surface area contributed by atoms with Crippen molar-refractivity contribution in [1.82, 2.24) is 0 Å². The Morgan fingerprint density at radius 3 is 2.45 bits per heavy atom. The highest BCUT2D eigenvalue weighted by molar-refractivity contribution is 5.67. The van der Waals surface area contributed by atoms with E-state index in [1.807, 2.05) is 0 Å². The molecule has 2 fully saturated rings. The maximum atomic E-state index is 10.3. The predicted molar refractivity (Wildman–Crippen MR) is 38.0 cm³/mol. The van der Waals surface area contributed by atoms with Crippen molar-refractivity contribution in [1.29, 1.82) is 0 Å². The summed E-state index contributed by atoms with van der Waals surface area (Å²) in [6, 6.07) is 0. The molecule has 2 N–H and O–H groups in total. The Morgan fingerprint density at radius 2 is 2.09 bits per heavy atom. The van der Waals surface area contributed by atoms with Crippen LogP contribution in [0.3, 0.4) is 0 Å². The van der Waals surface area contributed by atoms with Crippen molar-refractivity contribution in [3.05, 3.63) is 0 Å². The summed E-state index contributed by atoms with van der Waals surface area (Å²) in [6.45, 7) is 0. The van der Waals surface area contributed by atoms with Gasteiger partial charge in [-0.1, -0.05) is 0 Å². The van der Waals surface area contributed by atoms with Crippen LogP contribution in [0, 0.1) is 17.8 Å². The Kier molecular flexibility index (Phi) is 1.42. The van der Waals surface area contributed by atoms with Crippen LogP contribution in [-0.4, -0.2) is 22.3 Å². The molecular weight excluding hydrogens is 144 g/mol. The van der Waals surface area contributed by atoms with Gasteiger partial charge in [0.05, 0.1) is 6.10 Å². The molecule has 4 atom stereocenters. The number of hydrogen-bond donors (Lipinski definition) is 2. The topological polar surface area (TPSA) is 57.5 Å². The predicted octanol–water partition coefficient (Wildman–Crippen LogP) is 0.478. The molecule has 0 spiro atoms. The van der Waals surface area contributed by atoms with Gasteiger partial charge in [-0.15, -0.1) is 0 Å². The van der Waals surface area contributed by atoms with Crippen LogP contribution >= 0.6 is 0 Å². The molecule has 3 heteroatoms. The summed E-state index contributed by atoms with van der Waals surface area (Å²) in [6.07, 6.45) is 1.81. The Bertz CT molecular complexity index is 190. The van der Waals surface area contributed by atoms with E-state index in [9.17, 15) is 9.90 Å². The molecule has 3 nitrogen and oxygen atoms in total. The van der Waals surface area contributed by atoms with Gasteiger partial charge >= 0.3 is 5.97 Å². The third-order valence-corrected chi connectivity index (χ3v) is 2.97. The second kappa shape index (κ2) is 2.21. The molecule has 0 aliphatic heterocycles. The van der Waals surface area contributed by atoms with Crippen molar-refractivity contribution in [2.75, 3.05) is 0 Å². The van der Waals surface area contributed by atoms with Crippen LogP contribution in [-0.2, 0) is 4.79 Å². The number of aliphatic hydroxyl groups is 1.